The van der Waals surface area contributed by atoms with Crippen molar-refractivity contribution >= 4 is 11.7 Å². The highest BCUT2D eigenvalue weighted by atomic mass is 16.2. The SMILES string of the molecule is Cc1cccc(NC(=O)NN)c1. The van der Waals surface area contributed by atoms with Crippen LogP contribution in [0.1, 0.15) is 5.56 Å². The molecular formula is C8H11N3O. The fourth-order valence-corrected chi connectivity index (χ4v) is 0.890. The van der Waals surface area contributed by atoms with Crippen molar-refractivity contribution < 1.29 is 4.79 Å². The average molecular weight is 165 g/mol. The van der Waals surface area contributed by atoms with Gasteiger partial charge in [0.05, 0.1) is 0 Å². The van der Waals surface area contributed by atoms with Crippen LogP contribution in [0.3, 0.4) is 0 Å². The third kappa shape index (κ3) is 2.25. The Labute approximate surface area is 70.7 Å². The van der Waals surface area contributed by atoms with E-state index in [1.165, 1.54) is 0 Å². The number of nitrogens with two attached hydrogens (primary N) is 1. The normalized spacial score (nSPS) is 9.17. The standard InChI is InChI=1S/C8H11N3O/c1-6-3-2-4-7(5-6)10-8(12)11-9/h2-5H,9H2,1H3,(H2,10,11,12). The summed E-state index contributed by atoms with van der Waals surface area (Å²) < 4.78 is 0. The van der Waals surface area contributed by atoms with Crippen LogP contribution in [0.2, 0.25) is 0 Å². The minimum Gasteiger partial charge on any atom is -0.307 e. The lowest BCUT2D eigenvalue weighted by atomic mass is 10.2. The summed E-state index contributed by atoms with van der Waals surface area (Å²) in [6.45, 7) is 1.95. The molecule has 0 aromatic heterocycles. The Balaban J connectivity index is 2.69. The molecule has 0 fully saturated rings. The first-order valence-corrected chi connectivity index (χ1v) is 3.56. The van der Waals surface area contributed by atoms with Crippen molar-refractivity contribution in [1.29, 1.82) is 0 Å². The van der Waals surface area contributed by atoms with E-state index < -0.39 is 6.03 Å². The molecule has 0 spiro atoms. The molecule has 64 valence electrons. The molecule has 0 saturated heterocycles. The monoisotopic (exact) mass is 165 g/mol. The molecule has 0 unspecified atom stereocenters. The molecule has 0 saturated carbocycles. The van der Waals surface area contributed by atoms with Crippen LogP contribution >= 0.6 is 0 Å². The lowest BCUT2D eigenvalue weighted by Gasteiger charge is -2.03. The van der Waals surface area contributed by atoms with E-state index >= 15 is 0 Å². The molecule has 1 aromatic carbocycles. The molecule has 0 aliphatic heterocycles. The second kappa shape index (κ2) is 3.73. The largest absolute Gasteiger partial charge is 0.333 e. The van der Waals surface area contributed by atoms with E-state index in [4.69, 9.17) is 5.84 Å². The molecule has 4 heteroatoms. The number of benzene rings is 1. The zero-order valence-corrected chi connectivity index (χ0v) is 6.79. The molecular weight excluding hydrogens is 154 g/mol. The van der Waals surface area contributed by atoms with Gasteiger partial charge in [-0.25, -0.2) is 10.6 Å². The van der Waals surface area contributed by atoms with Gasteiger partial charge in [-0.3, -0.25) is 5.43 Å². The Morgan fingerprint density at radius 2 is 2.25 bits per heavy atom. The molecule has 0 heterocycles. The molecule has 4 nitrogen and oxygen atoms in total. The van der Waals surface area contributed by atoms with E-state index in [9.17, 15) is 4.79 Å². The van der Waals surface area contributed by atoms with Gasteiger partial charge in [0, 0.05) is 5.69 Å². The number of anilines is 1. The first-order chi connectivity index (χ1) is 5.72. The smallest absolute Gasteiger partial charge is 0.307 e. The molecule has 0 aliphatic rings. The quantitative estimate of drug-likeness (QED) is 0.330. The topological polar surface area (TPSA) is 67.2 Å². The third-order valence-electron chi connectivity index (χ3n) is 1.41. The Morgan fingerprint density at radius 1 is 1.50 bits per heavy atom. The molecule has 2 amide bonds. The number of hydrazine groups is 1. The van der Waals surface area contributed by atoms with Gasteiger partial charge in [0.1, 0.15) is 0 Å². The van der Waals surface area contributed by atoms with E-state index in [0.29, 0.717) is 0 Å². The lowest BCUT2D eigenvalue weighted by molar-refractivity contribution is 0.252. The Morgan fingerprint density at radius 3 is 2.83 bits per heavy atom. The van der Waals surface area contributed by atoms with Crippen molar-refractivity contribution in [2.45, 2.75) is 6.92 Å². The number of carbonyl (C=O) groups excluding carboxylic acids is 1. The van der Waals surface area contributed by atoms with Gasteiger partial charge in [-0.2, -0.15) is 0 Å². The third-order valence-corrected chi connectivity index (χ3v) is 1.41. The molecule has 0 radical (unpaired) electrons. The number of rotatable bonds is 1. The minimum absolute atomic E-state index is 0.416. The summed E-state index contributed by atoms with van der Waals surface area (Å²) in [5.74, 6) is 4.90. The summed E-state index contributed by atoms with van der Waals surface area (Å²) in [6.07, 6.45) is 0. The van der Waals surface area contributed by atoms with Gasteiger partial charge < -0.3 is 5.32 Å². The average Bonchev–Trinajstić information content (AvgIpc) is 2.04. The van der Waals surface area contributed by atoms with Crippen molar-refractivity contribution in [2.75, 3.05) is 5.32 Å². The molecule has 1 aromatic rings. The van der Waals surface area contributed by atoms with E-state index in [0.717, 1.165) is 11.3 Å². The second-order valence-corrected chi connectivity index (χ2v) is 2.47. The van der Waals surface area contributed by atoms with Crippen LogP contribution in [-0.2, 0) is 0 Å². The molecule has 4 N–H and O–H groups in total. The van der Waals surface area contributed by atoms with Crippen molar-refractivity contribution in [3.8, 4) is 0 Å². The van der Waals surface area contributed by atoms with Gasteiger partial charge in [-0.1, -0.05) is 12.1 Å². The number of nitrogens with one attached hydrogen (secondary N) is 2. The second-order valence-electron chi connectivity index (χ2n) is 2.47. The van der Waals surface area contributed by atoms with Crippen LogP contribution in [0.4, 0.5) is 10.5 Å². The molecule has 0 bridgehead atoms. The maximum absolute atomic E-state index is 10.7. The van der Waals surface area contributed by atoms with Crippen molar-refractivity contribution in [3.05, 3.63) is 29.8 Å². The summed E-state index contributed by atoms with van der Waals surface area (Å²) in [5, 5.41) is 2.56. The predicted molar refractivity (Wildman–Crippen MR) is 47.5 cm³/mol. The van der Waals surface area contributed by atoms with E-state index in [2.05, 4.69) is 5.32 Å². The van der Waals surface area contributed by atoms with Crippen LogP contribution in [0.15, 0.2) is 24.3 Å². The first-order valence-electron chi connectivity index (χ1n) is 3.56. The maximum Gasteiger partial charge on any atom is 0.333 e. The van der Waals surface area contributed by atoms with E-state index in [1.54, 1.807) is 6.07 Å². The van der Waals surface area contributed by atoms with Crippen molar-refractivity contribution in [3.63, 3.8) is 0 Å². The van der Waals surface area contributed by atoms with Gasteiger partial charge in [0.2, 0.25) is 0 Å². The summed E-state index contributed by atoms with van der Waals surface area (Å²) in [4.78, 5) is 10.7. The predicted octanol–water partition coefficient (Wildman–Crippen LogP) is 0.990. The summed E-state index contributed by atoms with van der Waals surface area (Å²) in [6, 6.07) is 7.05. The summed E-state index contributed by atoms with van der Waals surface area (Å²) in [5.41, 5.74) is 3.80. The molecule has 12 heavy (non-hydrogen) atoms. The van der Waals surface area contributed by atoms with Gasteiger partial charge in [0.25, 0.3) is 0 Å². The highest BCUT2D eigenvalue weighted by molar-refractivity contribution is 5.88. The van der Waals surface area contributed by atoms with Crippen LogP contribution in [0.5, 0.6) is 0 Å². The molecule has 0 aliphatic carbocycles. The number of hydrogen-bond acceptors (Lipinski definition) is 2. The van der Waals surface area contributed by atoms with Crippen LogP contribution in [0, 0.1) is 6.92 Å². The zero-order chi connectivity index (χ0) is 8.97. The fraction of sp³-hybridized carbons (Fsp3) is 0.125. The highest BCUT2D eigenvalue weighted by Crippen LogP contribution is 2.08. The Kier molecular flexibility index (Phi) is 2.66. The number of aryl methyl sites for hydroxylation is 1. The molecule has 1 rings (SSSR count). The molecule has 0 atom stereocenters. The number of carbonyl (C=O) groups is 1. The Hall–Kier alpha value is -1.55. The zero-order valence-electron chi connectivity index (χ0n) is 6.79. The van der Waals surface area contributed by atoms with Crippen molar-refractivity contribution in [2.24, 2.45) is 5.84 Å². The van der Waals surface area contributed by atoms with Gasteiger partial charge in [-0.15, -0.1) is 0 Å². The minimum atomic E-state index is -0.416. The number of urea groups is 1. The van der Waals surface area contributed by atoms with Crippen LogP contribution < -0.4 is 16.6 Å². The fourth-order valence-electron chi connectivity index (χ4n) is 0.890. The van der Waals surface area contributed by atoms with E-state index in [1.807, 2.05) is 30.5 Å². The maximum atomic E-state index is 10.7. The highest BCUT2D eigenvalue weighted by Gasteiger charge is 1.96. The number of amides is 2. The van der Waals surface area contributed by atoms with Gasteiger partial charge in [0.15, 0.2) is 0 Å². The van der Waals surface area contributed by atoms with Gasteiger partial charge in [-0.05, 0) is 24.6 Å². The van der Waals surface area contributed by atoms with E-state index in [-0.39, 0.29) is 0 Å². The van der Waals surface area contributed by atoms with Crippen LogP contribution in [-0.4, -0.2) is 6.03 Å². The lowest BCUT2D eigenvalue weighted by Crippen LogP contribution is -2.34. The van der Waals surface area contributed by atoms with Gasteiger partial charge >= 0.3 is 6.03 Å². The summed E-state index contributed by atoms with van der Waals surface area (Å²) >= 11 is 0. The summed E-state index contributed by atoms with van der Waals surface area (Å²) in [7, 11) is 0. The first kappa shape index (κ1) is 8.55. The number of hydrogen-bond donors (Lipinski definition) is 3. The van der Waals surface area contributed by atoms with Crippen molar-refractivity contribution in [1.82, 2.24) is 5.43 Å². The Bertz CT molecular complexity index is 285. The van der Waals surface area contributed by atoms with Crippen LogP contribution in [0.25, 0.3) is 0 Å².